The smallest absolute Gasteiger partial charge is 0.243 e. The summed E-state index contributed by atoms with van der Waals surface area (Å²) in [5, 5.41) is 17.4. The van der Waals surface area contributed by atoms with Crippen LogP contribution in [0, 0.1) is 0 Å². The lowest BCUT2D eigenvalue weighted by molar-refractivity contribution is -0.139. The molecule has 0 unspecified atom stereocenters. The number of nitrogens with zero attached hydrogens (tertiary/aromatic N) is 2. The fourth-order valence-corrected chi connectivity index (χ4v) is 3.95. The van der Waals surface area contributed by atoms with E-state index in [0.29, 0.717) is 13.0 Å². The van der Waals surface area contributed by atoms with Crippen molar-refractivity contribution in [1.82, 2.24) is 25.8 Å². The van der Waals surface area contributed by atoms with Gasteiger partial charge in [-0.05, 0) is 63.7 Å². The molecular formula is C29H42N6O5. The van der Waals surface area contributed by atoms with Crippen LogP contribution in [0.3, 0.4) is 0 Å². The van der Waals surface area contributed by atoms with Crippen molar-refractivity contribution in [3.05, 3.63) is 65.7 Å². The number of phenols is 1. The predicted molar refractivity (Wildman–Crippen MR) is 153 cm³/mol. The normalized spacial score (nSPS) is 13.2. The molecule has 0 aliphatic heterocycles. The van der Waals surface area contributed by atoms with Gasteiger partial charge in [0, 0.05) is 20.0 Å². The first-order valence-electron chi connectivity index (χ1n) is 13.3. The summed E-state index contributed by atoms with van der Waals surface area (Å²) in [6.07, 6.45) is 1.32. The van der Waals surface area contributed by atoms with Crippen LogP contribution in [-0.4, -0.2) is 97.4 Å². The van der Waals surface area contributed by atoms with E-state index in [2.05, 4.69) is 16.0 Å². The van der Waals surface area contributed by atoms with Crippen molar-refractivity contribution < 1.29 is 24.3 Å². The van der Waals surface area contributed by atoms with Crippen LogP contribution < -0.4 is 21.7 Å². The molecule has 11 heteroatoms. The molecule has 0 aromatic heterocycles. The van der Waals surface area contributed by atoms with Crippen molar-refractivity contribution in [2.75, 3.05) is 40.8 Å². The predicted octanol–water partition coefficient (Wildman–Crippen LogP) is 0.0205. The Hall–Kier alpha value is -3.96. The highest BCUT2D eigenvalue weighted by Crippen LogP contribution is 2.11. The van der Waals surface area contributed by atoms with Gasteiger partial charge in [-0.3, -0.25) is 19.2 Å². The first-order valence-corrected chi connectivity index (χ1v) is 13.3. The number of hydrogen-bond donors (Lipinski definition) is 5. The van der Waals surface area contributed by atoms with Crippen molar-refractivity contribution in [1.29, 1.82) is 0 Å². The van der Waals surface area contributed by atoms with Crippen LogP contribution in [0.4, 0.5) is 0 Å². The van der Waals surface area contributed by atoms with E-state index in [0.717, 1.165) is 24.1 Å². The molecular weight excluding hydrogens is 512 g/mol. The van der Waals surface area contributed by atoms with Gasteiger partial charge in [-0.1, -0.05) is 42.5 Å². The lowest BCUT2D eigenvalue weighted by Gasteiger charge is -2.28. The molecule has 40 heavy (non-hydrogen) atoms. The molecule has 11 nitrogen and oxygen atoms in total. The monoisotopic (exact) mass is 554 g/mol. The third-order valence-electron chi connectivity index (χ3n) is 6.41. The first-order chi connectivity index (χ1) is 19.0. The minimum absolute atomic E-state index is 0.110. The molecule has 2 aromatic carbocycles. The summed E-state index contributed by atoms with van der Waals surface area (Å²) in [5.41, 5.74) is 7.64. The van der Waals surface area contributed by atoms with Crippen molar-refractivity contribution in [2.24, 2.45) is 5.73 Å². The van der Waals surface area contributed by atoms with E-state index in [1.54, 1.807) is 12.1 Å². The number of carbonyl (C=O) groups excluding carboxylic acids is 4. The zero-order valence-electron chi connectivity index (χ0n) is 23.7. The van der Waals surface area contributed by atoms with E-state index in [4.69, 9.17) is 5.73 Å². The Morgan fingerprint density at radius 1 is 0.850 bits per heavy atom. The summed E-state index contributed by atoms with van der Waals surface area (Å²) in [6.45, 7) is 2.45. The van der Waals surface area contributed by atoms with Crippen LogP contribution in [-0.2, 0) is 32.0 Å². The molecule has 3 atom stereocenters. The van der Waals surface area contributed by atoms with E-state index >= 15 is 0 Å². The fourth-order valence-electron chi connectivity index (χ4n) is 3.95. The lowest BCUT2D eigenvalue weighted by atomic mass is 10.0. The number of carbonyl (C=O) groups is 4. The summed E-state index contributed by atoms with van der Waals surface area (Å²) >= 11 is 0. The number of aromatic hydroxyl groups is 1. The van der Waals surface area contributed by atoms with Gasteiger partial charge >= 0.3 is 0 Å². The maximum Gasteiger partial charge on any atom is 0.243 e. The minimum atomic E-state index is -0.934. The molecule has 0 saturated heterocycles. The summed E-state index contributed by atoms with van der Waals surface area (Å²) in [4.78, 5) is 54.5. The van der Waals surface area contributed by atoms with E-state index in [9.17, 15) is 24.3 Å². The van der Waals surface area contributed by atoms with Gasteiger partial charge in [0.25, 0.3) is 0 Å². The Kier molecular flexibility index (Phi) is 13.1. The molecule has 2 aromatic rings. The fraction of sp³-hybridized carbons (Fsp3) is 0.448. The number of amides is 4. The third kappa shape index (κ3) is 11.0. The van der Waals surface area contributed by atoms with E-state index in [1.165, 1.54) is 31.0 Å². The highest BCUT2D eigenvalue weighted by molar-refractivity contribution is 5.93. The van der Waals surface area contributed by atoms with Crippen LogP contribution in [0.15, 0.2) is 54.6 Å². The van der Waals surface area contributed by atoms with E-state index < -0.39 is 35.8 Å². The highest BCUT2D eigenvalue weighted by Gasteiger charge is 2.28. The molecule has 0 saturated carbocycles. The molecule has 0 fully saturated rings. The SMILES string of the molecule is C[C@@H](NC(=O)[C@@H](N)Cc1ccc(O)cc1)C(=O)NCC(=O)N(C)[C@@H](Cc1ccccc1)C(=O)NCCCN(C)C. The van der Waals surface area contributed by atoms with Crippen molar-refractivity contribution in [3.63, 3.8) is 0 Å². The van der Waals surface area contributed by atoms with Gasteiger partial charge in [0.1, 0.15) is 17.8 Å². The summed E-state index contributed by atoms with van der Waals surface area (Å²) in [5.74, 6) is -1.68. The zero-order chi connectivity index (χ0) is 29.7. The number of nitrogens with two attached hydrogens (primary N) is 1. The molecule has 6 N–H and O–H groups in total. The maximum absolute atomic E-state index is 13.0. The third-order valence-corrected chi connectivity index (χ3v) is 6.41. The average molecular weight is 555 g/mol. The average Bonchev–Trinajstić information content (AvgIpc) is 2.93. The molecule has 0 radical (unpaired) electrons. The standard InChI is InChI=1S/C29H42N6O5/c1-20(33-28(39)24(30)17-22-11-13-23(36)14-12-22)27(38)32-19-26(37)35(4)25(18-21-9-6-5-7-10-21)29(40)31-15-8-16-34(2)3/h5-7,9-14,20,24-25,36H,8,15-19,30H2,1-4H3,(H,31,40)(H,32,38)(H,33,39)/t20-,24+,25+/m1/s1. The molecule has 0 spiro atoms. The van der Waals surface area contributed by atoms with Crippen LogP contribution in [0.1, 0.15) is 24.5 Å². The van der Waals surface area contributed by atoms with E-state index in [-0.39, 0.29) is 24.6 Å². The summed E-state index contributed by atoms with van der Waals surface area (Å²) in [7, 11) is 5.45. The van der Waals surface area contributed by atoms with Gasteiger partial charge in [-0.2, -0.15) is 0 Å². The lowest BCUT2D eigenvalue weighted by Crippen LogP contribution is -2.54. The maximum atomic E-state index is 13.0. The summed E-state index contributed by atoms with van der Waals surface area (Å²) < 4.78 is 0. The van der Waals surface area contributed by atoms with Crippen LogP contribution in [0.25, 0.3) is 0 Å². The quantitative estimate of drug-likeness (QED) is 0.194. The molecule has 4 amide bonds. The number of benzene rings is 2. The first kappa shape index (κ1) is 32.3. The van der Waals surface area contributed by atoms with Crippen LogP contribution >= 0.6 is 0 Å². The summed E-state index contributed by atoms with van der Waals surface area (Å²) in [6, 6.07) is 13.1. The highest BCUT2D eigenvalue weighted by atomic mass is 16.3. The zero-order valence-corrected chi connectivity index (χ0v) is 23.7. The van der Waals surface area contributed by atoms with E-state index in [1.807, 2.05) is 49.3 Å². The Labute approximate surface area is 236 Å². The second kappa shape index (κ2) is 16.2. The molecule has 0 aliphatic rings. The number of rotatable bonds is 15. The second-order valence-electron chi connectivity index (χ2n) is 10.1. The van der Waals surface area contributed by atoms with Gasteiger partial charge in [0.05, 0.1) is 12.6 Å². The van der Waals surface area contributed by atoms with Crippen molar-refractivity contribution >= 4 is 23.6 Å². The molecule has 2 rings (SSSR count). The second-order valence-corrected chi connectivity index (χ2v) is 10.1. The molecule has 0 bridgehead atoms. The Morgan fingerprint density at radius 2 is 1.48 bits per heavy atom. The number of phenolic OH excluding ortho intramolecular Hbond substituents is 1. The number of nitrogens with one attached hydrogen (secondary N) is 3. The largest absolute Gasteiger partial charge is 0.508 e. The molecule has 0 heterocycles. The van der Waals surface area contributed by atoms with Crippen molar-refractivity contribution in [3.8, 4) is 5.75 Å². The van der Waals surface area contributed by atoms with Crippen LogP contribution in [0.2, 0.25) is 0 Å². The Balaban J connectivity index is 1.91. The minimum Gasteiger partial charge on any atom is -0.508 e. The van der Waals surface area contributed by atoms with Gasteiger partial charge in [-0.25, -0.2) is 0 Å². The number of hydrogen-bond acceptors (Lipinski definition) is 7. The molecule has 0 aliphatic carbocycles. The van der Waals surface area contributed by atoms with Gasteiger partial charge < -0.3 is 36.6 Å². The Bertz CT molecular complexity index is 1110. The Morgan fingerprint density at radius 3 is 2.10 bits per heavy atom. The van der Waals surface area contributed by atoms with Gasteiger partial charge in [-0.15, -0.1) is 0 Å². The van der Waals surface area contributed by atoms with Gasteiger partial charge in [0.2, 0.25) is 23.6 Å². The van der Waals surface area contributed by atoms with Crippen molar-refractivity contribution in [2.45, 2.75) is 44.3 Å². The van der Waals surface area contributed by atoms with Crippen LogP contribution in [0.5, 0.6) is 5.75 Å². The molecule has 218 valence electrons. The van der Waals surface area contributed by atoms with Gasteiger partial charge in [0.15, 0.2) is 0 Å². The topological polar surface area (TPSA) is 157 Å². The number of likely N-dealkylation sites (N-methyl/N-ethyl adjacent to an activating group) is 1.